The van der Waals surface area contributed by atoms with Gasteiger partial charge in [-0.05, 0) is 32.0 Å². The Bertz CT molecular complexity index is 614. The molecule has 1 atom stereocenters. The van der Waals surface area contributed by atoms with Gasteiger partial charge in [-0.3, -0.25) is 4.90 Å². The normalized spacial score (nSPS) is 18.5. The lowest BCUT2D eigenvalue weighted by Gasteiger charge is -2.16. The number of ether oxygens (including phenoxy) is 2. The topological polar surface area (TPSA) is 60.6 Å². The number of rotatable bonds is 6. The van der Waals surface area contributed by atoms with Crippen molar-refractivity contribution < 1.29 is 14.0 Å². The zero-order valence-electron chi connectivity index (χ0n) is 13.0. The fourth-order valence-electron chi connectivity index (χ4n) is 2.74. The van der Waals surface area contributed by atoms with Gasteiger partial charge in [0.05, 0.1) is 13.0 Å². The second kappa shape index (κ2) is 6.79. The molecule has 0 saturated carbocycles. The molecule has 1 aromatic heterocycles. The summed E-state index contributed by atoms with van der Waals surface area (Å²) < 4.78 is 16.4. The lowest BCUT2D eigenvalue weighted by atomic mass is 10.1. The second-order valence-electron chi connectivity index (χ2n) is 5.47. The molecule has 0 radical (unpaired) electrons. The Hall–Kier alpha value is -2.08. The van der Waals surface area contributed by atoms with Gasteiger partial charge < -0.3 is 14.0 Å². The summed E-state index contributed by atoms with van der Waals surface area (Å²) >= 11 is 0. The van der Waals surface area contributed by atoms with Crippen molar-refractivity contribution in [1.29, 1.82) is 0 Å². The van der Waals surface area contributed by atoms with Crippen molar-refractivity contribution >= 4 is 0 Å². The Morgan fingerprint density at radius 3 is 2.86 bits per heavy atom. The van der Waals surface area contributed by atoms with E-state index in [1.54, 1.807) is 7.11 Å². The van der Waals surface area contributed by atoms with Crippen LogP contribution in [0.15, 0.2) is 28.8 Å². The first-order valence-electron chi connectivity index (χ1n) is 7.54. The van der Waals surface area contributed by atoms with Gasteiger partial charge >= 0.3 is 0 Å². The van der Waals surface area contributed by atoms with E-state index in [0.717, 1.165) is 43.4 Å². The molecule has 22 heavy (non-hydrogen) atoms. The Kier molecular flexibility index (Phi) is 4.58. The lowest BCUT2D eigenvalue weighted by molar-refractivity contribution is 0.227. The van der Waals surface area contributed by atoms with Crippen molar-refractivity contribution in [2.24, 2.45) is 0 Å². The van der Waals surface area contributed by atoms with Crippen LogP contribution in [0.25, 0.3) is 0 Å². The number of aromatic nitrogens is 2. The molecule has 6 heteroatoms. The summed E-state index contributed by atoms with van der Waals surface area (Å²) in [5.41, 5.74) is 0. The first kappa shape index (κ1) is 14.8. The van der Waals surface area contributed by atoms with Gasteiger partial charge in [0.1, 0.15) is 6.61 Å². The number of hydrogen-bond donors (Lipinski definition) is 0. The molecule has 2 aromatic rings. The predicted molar refractivity (Wildman–Crippen MR) is 81.3 cm³/mol. The second-order valence-corrected chi connectivity index (χ2v) is 5.47. The smallest absolute Gasteiger partial charge is 0.231 e. The van der Waals surface area contributed by atoms with Crippen LogP contribution in [-0.4, -0.2) is 48.4 Å². The number of aryl methyl sites for hydroxylation is 1. The first-order valence-corrected chi connectivity index (χ1v) is 7.54. The fourth-order valence-corrected chi connectivity index (χ4v) is 2.74. The maximum Gasteiger partial charge on any atom is 0.231 e. The van der Waals surface area contributed by atoms with E-state index in [9.17, 15) is 0 Å². The van der Waals surface area contributed by atoms with Crippen LogP contribution < -0.4 is 9.47 Å². The molecule has 0 unspecified atom stereocenters. The minimum absolute atomic E-state index is 0.340. The summed E-state index contributed by atoms with van der Waals surface area (Å²) in [6, 6.07) is 7.71. The van der Waals surface area contributed by atoms with Gasteiger partial charge in [-0.15, -0.1) is 0 Å². The predicted octanol–water partition coefficient (Wildman–Crippen LogP) is 2.25. The van der Waals surface area contributed by atoms with Crippen molar-refractivity contribution in [1.82, 2.24) is 15.0 Å². The molecule has 1 fully saturated rings. The molecule has 0 bridgehead atoms. The highest BCUT2D eigenvalue weighted by Gasteiger charge is 2.27. The SMILES string of the molecule is COc1ccccc1OCCN1CC[C@@H](c2nc(C)no2)C1. The maximum absolute atomic E-state index is 5.82. The van der Waals surface area contributed by atoms with E-state index >= 15 is 0 Å². The summed E-state index contributed by atoms with van der Waals surface area (Å²) in [6.45, 7) is 5.33. The molecule has 1 saturated heterocycles. The molecular formula is C16H21N3O3. The van der Waals surface area contributed by atoms with Crippen LogP contribution in [0.2, 0.25) is 0 Å². The van der Waals surface area contributed by atoms with E-state index in [0.29, 0.717) is 18.3 Å². The minimum Gasteiger partial charge on any atom is -0.493 e. The number of para-hydroxylation sites is 2. The standard InChI is InChI=1S/C16H21N3O3/c1-12-17-16(22-18-12)13-7-8-19(11-13)9-10-21-15-6-4-3-5-14(15)20-2/h3-6,13H,7-11H2,1-2H3/t13-/m1/s1. The van der Waals surface area contributed by atoms with Crippen LogP contribution in [0.3, 0.4) is 0 Å². The molecule has 1 aliphatic heterocycles. The van der Waals surface area contributed by atoms with Gasteiger partial charge in [0.25, 0.3) is 0 Å². The molecule has 3 rings (SSSR count). The third-order valence-corrected chi connectivity index (χ3v) is 3.90. The van der Waals surface area contributed by atoms with E-state index in [-0.39, 0.29) is 0 Å². The third kappa shape index (κ3) is 3.39. The van der Waals surface area contributed by atoms with Crippen molar-refractivity contribution in [3.8, 4) is 11.5 Å². The Balaban J connectivity index is 1.47. The Morgan fingerprint density at radius 1 is 1.32 bits per heavy atom. The highest BCUT2D eigenvalue weighted by Crippen LogP contribution is 2.27. The van der Waals surface area contributed by atoms with Gasteiger partial charge in [0.15, 0.2) is 17.3 Å². The molecule has 1 aromatic carbocycles. The number of benzene rings is 1. The quantitative estimate of drug-likeness (QED) is 0.816. The largest absolute Gasteiger partial charge is 0.493 e. The van der Waals surface area contributed by atoms with Crippen molar-refractivity contribution in [3.05, 3.63) is 36.0 Å². The summed E-state index contributed by atoms with van der Waals surface area (Å²) in [7, 11) is 1.65. The molecule has 0 N–H and O–H groups in total. The summed E-state index contributed by atoms with van der Waals surface area (Å²) in [5.74, 6) is 3.35. The molecule has 0 spiro atoms. The van der Waals surface area contributed by atoms with Crippen LogP contribution >= 0.6 is 0 Å². The van der Waals surface area contributed by atoms with Crippen molar-refractivity contribution in [2.75, 3.05) is 33.4 Å². The Morgan fingerprint density at radius 2 is 2.14 bits per heavy atom. The minimum atomic E-state index is 0.340. The van der Waals surface area contributed by atoms with E-state index in [4.69, 9.17) is 14.0 Å². The van der Waals surface area contributed by atoms with Gasteiger partial charge in [-0.2, -0.15) is 4.98 Å². The van der Waals surface area contributed by atoms with Crippen LogP contribution in [0.4, 0.5) is 0 Å². The maximum atomic E-state index is 5.82. The molecule has 1 aliphatic rings. The molecule has 2 heterocycles. The van der Waals surface area contributed by atoms with Gasteiger partial charge in [0, 0.05) is 13.1 Å². The molecular weight excluding hydrogens is 282 g/mol. The van der Waals surface area contributed by atoms with E-state index < -0.39 is 0 Å². The summed E-state index contributed by atoms with van der Waals surface area (Å²) in [5, 5.41) is 3.86. The first-order chi connectivity index (χ1) is 10.8. The molecule has 6 nitrogen and oxygen atoms in total. The monoisotopic (exact) mass is 303 g/mol. The third-order valence-electron chi connectivity index (χ3n) is 3.90. The number of nitrogens with zero attached hydrogens (tertiary/aromatic N) is 3. The Labute approximate surface area is 130 Å². The van der Waals surface area contributed by atoms with E-state index in [1.165, 1.54) is 0 Å². The van der Waals surface area contributed by atoms with Crippen LogP contribution in [-0.2, 0) is 0 Å². The van der Waals surface area contributed by atoms with E-state index in [1.807, 2.05) is 31.2 Å². The highest BCUT2D eigenvalue weighted by molar-refractivity contribution is 5.39. The van der Waals surface area contributed by atoms with Gasteiger partial charge in [-0.25, -0.2) is 0 Å². The average molecular weight is 303 g/mol. The zero-order valence-corrected chi connectivity index (χ0v) is 13.0. The number of likely N-dealkylation sites (tertiary alicyclic amines) is 1. The lowest BCUT2D eigenvalue weighted by Crippen LogP contribution is -2.26. The number of hydrogen-bond acceptors (Lipinski definition) is 6. The fraction of sp³-hybridized carbons (Fsp3) is 0.500. The summed E-state index contributed by atoms with van der Waals surface area (Å²) in [6.07, 6.45) is 1.05. The highest BCUT2D eigenvalue weighted by atomic mass is 16.5. The summed E-state index contributed by atoms with van der Waals surface area (Å²) in [4.78, 5) is 6.69. The molecule has 118 valence electrons. The van der Waals surface area contributed by atoms with Crippen LogP contribution in [0.1, 0.15) is 24.1 Å². The van der Waals surface area contributed by atoms with Crippen LogP contribution in [0.5, 0.6) is 11.5 Å². The number of methoxy groups -OCH3 is 1. The van der Waals surface area contributed by atoms with Crippen LogP contribution in [0, 0.1) is 6.92 Å². The van der Waals surface area contributed by atoms with Gasteiger partial charge in [-0.1, -0.05) is 17.3 Å². The van der Waals surface area contributed by atoms with Crippen molar-refractivity contribution in [2.45, 2.75) is 19.3 Å². The van der Waals surface area contributed by atoms with Crippen molar-refractivity contribution in [3.63, 3.8) is 0 Å². The molecule has 0 aliphatic carbocycles. The van der Waals surface area contributed by atoms with Gasteiger partial charge in [0.2, 0.25) is 5.89 Å². The average Bonchev–Trinajstić information content (AvgIpc) is 3.17. The van der Waals surface area contributed by atoms with E-state index in [2.05, 4.69) is 15.0 Å². The zero-order chi connectivity index (χ0) is 15.4. The molecule has 0 amide bonds.